The van der Waals surface area contributed by atoms with Gasteiger partial charge in [-0.15, -0.1) is 0 Å². The SMILES string of the molecule is CC(C)COC(=O)N(C)C1CNC1. The molecule has 0 bridgehead atoms. The zero-order valence-corrected chi connectivity index (χ0v) is 8.54. The summed E-state index contributed by atoms with van der Waals surface area (Å²) in [4.78, 5) is 13.0. The Kier molecular flexibility index (Phi) is 3.54. The molecule has 1 fully saturated rings. The molecule has 4 heteroatoms. The fourth-order valence-corrected chi connectivity index (χ4v) is 1.04. The summed E-state index contributed by atoms with van der Waals surface area (Å²) in [7, 11) is 1.79. The molecule has 1 amide bonds. The van der Waals surface area contributed by atoms with Gasteiger partial charge in [0.25, 0.3) is 0 Å². The van der Waals surface area contributed by atoms with E-state index in [1.807, 2.05) is 13.8 Å². The van der Waals surface area contributed by atoms with Gasteiger partial charge in [-0.25, -0.2) is 4.79 Å². The number of carbonyl (C=O) groups is 1. The molecule has 0 aromatic carbocycles. The Morgan fingerprint density at radius 1 is 1.62 bits per heavy atom. The monoisotopic (exact) mass is 186 g/mol. The third-order valence-corrected chi connectivity index (χ3v) is 2.14. The first-order valence-electron chi connectivity index (χ1n) is 4.71. The van der Waals surface area contributed by atoms with Gasteiger partial charge in [0.1, 0.15) is 0 Å². The number of ether oxygens (including phenoxy) is 1. The minimum atomic E-state index is -0.208. The van der Waals surface area contributed by atoms with E-state index in [2.05, 4.69) is 5.32 Å². The second-order valence-corrected chi connectivity index (χ2v) is 3.89. The molecular formula is C9H18N2O2. The molecule has 0 aromatic rings. The van der Waals surface area contributed by atoms with Gasteiger partial charge in [0.2, 0.25) is 0 Å². The molecule has 0 unspecified atom stereocenters. The molecule has 1 aliphatic heterocycles. The van der Waals surface area contributed by atoms with Crippen LogP contribution >= 0.6 is 0 Å². The van der Waals surface area contributed by atoms with Crippen LogP contribution in [-0.4, -0.2) is 43.8 Å². The number of likely N-dealkylation sites (N-methyl/N-ethyl adjacent to an activating group) is 1. The van der Waals surface area contributed by atoms with Crippen LogP contribution < -0.4 is 5.32 Å². The Balaban J connectivity index is 2.21. The summed E-state index contributed by atoms with van der Waals surface area (Å²) in [5, 5.41) is 3.11. The number of nitrogens with zero attached hydrogens (tertiary/aromatic N) is 1. The molecule has 1 heterocycles. The van der Waals surface area contributed by atoms with Gasteiger partial charge >= 0.3 is 6.09 Å². The Hall–Kier alpha value is -0.770. The quantitative estimate of drug-likeness (QED) is 0.705. The van der Waals surface area contributed by atoms with E-state index in [0.717, 1.165) is 13.1 Å². The zero-order chi connectivity index (χ0) is 9.84. The molecule has 0 radical (unpaired) electrons. The van der Waals surface area contributed by atoms with Gasteiger partial charge in [-0.1, -0.05) is 13.8 Å². The summed E-state index contributed by atoms with van der Waals surface area (Å²) in [6.07, 6.45) is -0.208. The van der Waals surface area contributed by atoms with E-state index in [-0.39, 0.29) is 6.09 Å². The highest BCUT2D eigenvalue weighted by atomic mass is 16.6. The van der Waals surface area contributed by atoms with Crippen molar-refractivity contribution >= 4 is 6.09 Å². The summed E-state index contributed by atoms with van der Waals surface area (Å²) < 4.78 is 5.08. The van der Waals surface area contributed by atoms with Crippen LogP contribution in [0.25, 0.3) is 0 Å². The lowest BCUT2D eigenvalue weighted by atomic mass is 10.1. The number of hydrogen-bond donors (Lipinski definition) is 1. The molecule has 0 aliphatic carbocycles. The lowest BCUT2D eigenvalue weighted by molar-refractivity contribution is 0.0774. The van der Waals surface area contributed by atoms with Gasteiger partial charge in [0.15, 0.2) is 0 Å². The summed E-state index contributed by atoms with van der Waals surface area (Å²) in [6.45, 7) is 6.32. The first-order chi connectivity index (χ1) is 6.11. The maximum atomic E-state index is 11.4. The van der Waals surface area contributed by atoms with E-state index >= 15 is 0 Å². The molecule has 1 aliphatic rings. The predicted octanol–water partition coefficient (Wildman–Crippen LogP) is 0.683. The average Bonchev–Trinajstić information content (AvgIpc) is 1.96. The third-order valence-electron chi connectivity index (χ3n) is 2.14. The van der Waals surface area contributed by atoms with Crippen molar-refractivity contribution in [2.24, 2.45) is 5.92 Å². The van der Waals surface area contributed by atoms with Crippen LogP contribution in [0, 0.1) is 5.92 Å². The topological polar surface area (TPSA) is 41.6 Å². The second-order valence-electron chi connectivity index (χ2n) is 3.89. The minimum Gasteiger partial charge on any atom is -0.449 e. The molecule has 13 heavy (non-hydrogen) atoms. The molecule has 0 saturated carbocycles. The number of carbonyl (C=O) groups excluding carboxylic acids is 1. The first kappa shape index (κ1) is 10.3. The number of amides is 1. The molecule has 0 aromatic heterocycles. The van der Waals surface area contributed by atoms with Gasteiger partial charge in [-0.2, -0.15) is 0 Å². The van der Waals surface area contributed by atoms with Crippen molar-refractivity contribution in [1.82, 2.24) is 10.2 Å². The Labute approximate surface area is 79.2 Å². The van der Waals surface area contributed by atoms with Crippen LogP contribution in [0.2, 0.25) is 0 Å². The Bertz CT molecular complexity index is 178. The smallest absolute Gasteiger partial charge is 0.409 e. The fraction of sp³-hybridized carbons (Fsp3) is 0.889. The van der Waals surface area contributed by atoms with Crippen molar-refractivity contribution in [2.45, 2.75) is 19.9 Å². The maximum absolute atomic E-state index is 11.4. The van der Waals surface area contributed by atoms with E-state index in [9.17, 15) is 4.79 Å². The van der Waals surface area contributed by atoms with Crippen molar-refractivity contribution in [3.8, 4) is 0 Å². The third kappa shape index (κ3) is 2.88. The molecule has 76 valence electrons. The van der Waals surface area contributed by atoms with Crippen LogP contribution in [0.5, 0.6) is 0 Å². The molecule has 1 saturated heterocycles. The highest BCUT2D eigenvalue weighted by Crippen LogP contribution is 2.05. The van der Waals surface area contributed by atoms with Gasteiger partial charge in [-0.05, 0) is 5.92 Å². The average molecular weight is 186 g/mol. The van der Waals surface area contributed by atoms with Crippen LogP contribution in [0.1, 0.15) is 13.8 Å². The van der Waals surface area contributed by atoms with E-state index in [4.69, 9.17) is 4.74 Å². The normalized spacial score (nSPS) is 16.9. The summed E-state index contributed by atoms with van der Waals surface area (Å²) in [6, 6.07) is 0.319. The molecular weight excluding hydrogens is 168 g/mol. The summed E-state index contributed by atoms with van der Waals surface area (Å²) >= 11 is 0. The van der Waals surface area contributed by atoms with Crippen LogP contribution in [0.15, 0.2) is 0 Å². The zero-order valence-electron chi connectivity index (χ0n) is 8.54. The van der Waals surface area contributed by atoms with E-state index in [1.165, 1.54) is 0 Å². The summed E-state index contributed by atoms with van der Waals surface area (Å²) in [5.41, 5.74) is 0. The van der Waals surface area contributed by atoms with E-state index in [0.29, 0.717) is 18.6 Å². The van der Waals surface area contributed by atoms with Crippen molar-refractivity contribution in [3.63, 3.8) is 0 Å². The van der Waals surface area contributed by atoms with Crippen molar-refractivity contribution < 1.29 is 9.53 Å². The predicted molar refractivity (Wildman–Crippen MR) is 50.6 cm³/mol. The highest BCUT2D eigenvalue weighted by Gasteiger charge is 2.26. The number of hydrogen-bond acceptors (Lipinski definition) is 3. The van der Waals surface area contributed by atoms with Crippen molar-refractivity contribution in [3.05, 3.63) is 0 Å². The second kappa shape index (κ2) is 4.46. The van der Waals surface area contributed by atoms with Crippen molar-refractivity contribution in [1.29, 1.82) is 0 Å². The van der Waals surface area contributed by atoms with E-state index in [1.54, 1.807) is 11.9 Å². The van der Waals surface area contributed by atoms with Gasteiger partial charge in [0, 0.05) is 20.1 Å². The lowest BCUT2D eigenvalue weighted by Crippen LogP contribution is -2.57. The maximum Gasteiger partial charge on any atom is 0.409 e. The number of rotatable bonds is 3. The highest BCUT2D eigenvalue weighted by molar-refractivity contribution is 5.67. The minimum absolute atomic E-state index is 0.208. The standard InChI is InChI=1S/C9H18N2O2/c1-7(2)6-13-9(12)11(3)8-4-10-5-8/h7-8,10H,4-6H2,1-3H3. The molecule has 1 N–H and O–H groups in total. The first-order valence-corrected chi connectivity index (χ1v) is 4.71. The van der Waals surface area contributed by atoms with Gasteiger partial charge in [-0.3, -0.25) is 0 Å². The molecule has 0 spiro atoms. The van der Waals surface area contributed by atoms with Crippen molar-refractivity contribution in [2.75, 3.05) is 26.7 Å². The van der Waals surface area contributed by atoms with Crippen LogP contribution in [-0.2, 0) is 4.74 Å². The molecule has 0 atom stereocenters. The van der Waals surface area contributed by atoms with Crippen LogP contribution in [0.3, 0.4) is 0 Å². The Morgan fingerprint density at radius 3 is 2.62 bits per heavy atom. The van der Waals surface area contributed by atoms with Gasteiger partial charge < -0.3 is 15.0 Å². The Morgan fingerprint density at radius 2 is 2.23 bits per heavy atom. The summed E-state index contributed by atoms with van der Waals surface area (Å²) in [5.74, 6) is 0.400. The number of nitrogens with one attached hydrogen (secondary N) is 1. The van der Waals surface area contributed by atoms with Crippen LogP contribution in [0.4, 0.5) is 4.79 Å². The lowest BCUT2D eigenvalue weighted by Gasteiger charge is -2.34. The molecule has 4 nitrogen and oxygen atoms in total. The fourth-order valence-electron chi connectivity index (χ4n) is 1.04. The molecule has 1 rings (SSSR count). The van der Waals surface area contributed by atoms with Gasteiger partial charge in [0.05, 0.1) is 12.6 Å². The van der Waals surface area contributed by atoms with E-state index < -0.39 is 0 Å². The largest absolute Gasteiger partial charge is 0.449 e.